The van der Waals surface area contributed by atoms with E-state index in [1.54, 1.807) is 0 Å². The second kappa shape index (κ2) is 13.3. The molecule has 0 aliphatic rings. The molecule has 8 nitrogen and oxygen atoms in total. The molecule has 0 aliphatic heterocycles. The molecule has 0 amide bonds. The summed E-state index contributed by atoms with van der Waals surface area (Å²) in [5, 5.41) is 35.8. The Kier molecular flexibility index (Phi) is 13.4. The van der Waals surface area contributed by atoms with Crippen molar-refractivity contribution in [3.05, 3.63) is 0 Å². The molecule has 0 bridgehead atoms. The van der Waals surface area contributed by atoms with Crippen LogP contribution in [0.4, 0.5) is 0 Å². The number of carboxylic acids is 4. The minimum Gasteiger partial charge on any atom is -0.550 e. The summed E-state index contributed by atoms with van der Waals surface area (Å²) in [6.07, 6.45) is 1.55. The molecule has 2 N–H and O–H groups in total. The Balaban J connectivity index is 0. The molecule has 0 aromatic carbocycles. The summed E-state index contributed by atoms with van der Waals surface area (Å²) in [7, 11) is 0. The first-order valence-electron chi connectivity index (χ1n) is 6.09. The number of carbonyl (C=O) groups excluding carboxylic acids is 2. The maximum atomic E-state index is 9.90. The molecule has 0 atom stereocenters. The van der Waals surface area contributed by atoms with Crippen LogP contribution in [0.5, 0.6) is 0 Å². The second-order valence-electron chi connectivity index (χ2n) is 3.95. The molecular weight excluding hydrogens is 272 g/mol. The van der Waals surface area contributed by atoms with Crippen LogP contribution in [-0.2, 0) is 19.2 Å². The predicted molar refractivity (Wildman–Crippen MR) is 62.2 cm³/mol. The first-order chi connectivity index (χ1) is 9.25. The van der Waals surface area contributed by atoms with Crippen molar-refractivity contribution in [3.8, 4) is 0 Å². The number of carbonyl (C=O) groups is 4. The van der Waals surface area contributed by atoms with Crippen LogP contribution in [0.3, 0.4) is 0 Å². The average Bonchev–Trinajstić information content (AvgIpc) is 2.30. The summed E-state index contributed by atoms with van der Waals surface area (Å²) in [6.45, 7) is 0. The summed E-state index contributed by atoms with van der Waals surface area (Å²) < 4.78 is 0. The topological polar surface area (TPSA) is 155 Å². The monoisotopic (exact) mass is 290 g/mol. The van der Waals surface area contributed by atoms with E-state index in [0.717, 1.165) is 0 Å². The lowest BCUT2D eigenvalue weighted by atomic mass is 10.2. The average molecular weight is 290 g/mol. The lowest BCUT2D eigenvalue weighted by Gasteiger charge is -2.01. The lowest BCUT2D eigenvalue weighted by molar-refractivity contribution is -0.308. The van der Waals surface area contributed by atoms with Crippen molar-refractivity contribution in [2.24, 2.45) is 0 Å². The number of carboxylic acid groups (broad SMARTS) is 4. The van der Waals surface area contributed by atoms with Gasteiger partial charge in [-0.05, 0) is 38.5 Å². The van der Waals surface area contributed by atoms with Crippen molar-refractivity contribution >= 4 is 23.9 Å². The third kappa shape index (κ3) is 24.9. The summed E-state index contributed by atoms with van der Waals surface area (Å²) in [5.74, 6) is -4.02. The maximum Gasteiger partial charge on any atom is 0.303 e. The van der Waals surface area contributed by atoms with Crippen molar-refractivity contribution < 1.29 is 39.6 Å². The van der Waals surface area contributed by atoms with Gasteiger partial charge in [-0.2, -0.15) is 0 Å². The van der Waals surface area contributed by atoms with Crippen molar-refractivity contribution in [1.82, 2.24) is 0 Å². The molecule has 0 spiro atoms. The molecule has 0 unspecified atom stereocenters. The molecule has 0 aromatic rings. The standard InChI is InChI=1S/2C6H10O4/c2*7-5(8)3-1-2-4-6(9)10/h2*1-4H2,(H,7,8)(H,9,10)/p-2. The molecular formula is C12H18O8-2. The zero-order chi connectivity index (χ0) is 16.0. The summed E-state index contributed by atoms with van der Waals surface area (Å²) in [6, 6.07) is 0. The van der Waals surface area contributed by atoms with Crippen LogP contribution in [0.15, 0.2) is 0 Å². The first-order valence-corrected chi connectivity index (χ1v) is 6.09. The molecule has 0 radical (unpaired) electrons. The quantitative estimate of drug-likeness (QED) is 0.473. The van der Waals surface area contributed by atoms with Gasteiger partial charge in [-0.25, -0.2) is 0 Å². The van der Waals surface area contributed by atoms with Gasteiger partial charge in [-0.1, -0.05) is 0 Å². The Morgan fingerprint density at radius 3 is 1.05 bits per heavy atom. The molecule has 116 valence electrons. The summed E-state index contributed by atoms with van der Waals surface area (Å²) in [5.41, 5.74) is 0. The van der Waals surface area contributed by atoms with Crippen molar-refractivity contribution in [2.75, 3.05) is 0 Å². The van der Waals surface area contributed by atoms with Crippen LogP contribution in [0.2, 0.25) is 0 Å². The highest BCUT2D eigenvalue weighted by molar-refractivity contribution is 5.68. The van der Waals surface area contributed by atoms with Gasteiger partial charge in [0.25, 0.3) is 0 Å². The molecule has 0 fully saturated rings. The third-order valence-corrected chi connectivity index (χ3v) is 2.04. The van der Waals surface area contributed by atoms with Crippen LogP contribution < -0.4 is 10.2 Å². The van der Waals surface area contributed by atoms with Crippen molar-refractivity contribution in [3.63, 3.8) is 0 Å². The van der Waals surface area contributed by atoms with E-state index in [1.165, 1.54) is 0 Å². The number of unbranched alkanes of at least 4 members (excludes halogenated alkanes) is 2. The van der Waals surface area contributed by atoms with Crippen molar-refractivity contribution in [2.45, 2.75) is 51.4 Å². The number of hydrogen-bond acceptors (Lipinski definition) is 6. The Labute approximate surface area is 116 Å². The highest BCUT2D eigenvalue weighted by Gasteiger charge is 1.99. The number of rotatable bonds is 10. The molecule has 0 aromatic heterocycles. The van der Waals surface area contributed by atoms with Crippen LogP contribution in [-0.4, -0.2) is 34.1 Å². The molecule has 0 heterocycles. The fourth-order valence-corrected chi connectivity index (χ4v) is 1.09. The summed E-state index contributed by atoms with van der Waals surface area (Å²) >= 11 is 0. The number of aliphatic carboxylic acids is 4. The van der Waals surface area contributed by atoms with Crippen molar-refractivity contribution in [1.29, 1.82) is 0 Å². The van der Waals surface area contributed by atoms with Gasteiger partial charge in [0.05, 0.1) is 0 Å². The summed E-state index contributed by atoms with van der Waals surface area (Å²) in [4.78, 5) is 39.3. The van der Waals surface area contributed by atoms with Gasteiger partial charge < -0.3 is 30.0 Å². The van der Waals surface area contributed by atoms with E-state index in [4.69, 9.17) is 10.2 Å². The van der Waals surface area contributed by atoms with Gasteiger partial charge in [0.1, 0.15) is 0 Å². The largest absolute Gasteiger partial charge is 0.550 e. The van der Waals surface area contributed by atoms with E-state index >= 15 is 0 Å². The van der Waals surface area contributed by atoms with E-state index in [-0.39, 0.29) is 25.7 Å². The fraction of sp³-hybridized carbons (Fsp3) is 0.667. The first kappa shape index (κ1) is 20.2. The third-order valence-electron chi connectivity index (χ3n) is 2.04. The molecule has 0 saturated carbocycles. The molecule has 0 aliphatic carbocycles. The van der Waals surface area contributed by atoms with Gasteiger partial charge in [0.2, 0.25) is 0 Å². The highest BCUT2D eigenvalue weighted by atomic mass is 16.4. The minimum atomic E-state index is -1.14. The molecule has 8 heteroatoms. The van der Waals surface area contributed by atoms with E-state index in [1.807, 2.05) is 0 Å². The van der Waals surface area contributed by atoms with Crippen LogP contribution in [0, 0.1) is 0 Å². The van der Waals surface area contributed by atoms with E-state index < -0.39 is 23.9 Å². The zero-order valence-corrected chi connectivity index (χ0v) is 11.0. The second-order valence-corrected chi connectivity index (χ2v) is 3.95. The zero-order valence-electron chi connectivity index (χ0n) is 11.0. The van der Waals surface area contributed by atoms with Gasteiger partial charge in [-0.15, -0.1) is 0 Å². The van der Waals surface area contributed by atoms with Crippen LogP contribution in [0.25, 0.3) is 0 Å². The minimum absolute atomic E-state index is 0.0628. The van der Waals surface area contributed by atoms with Gasteiger partial charge >= 0.3 is 11.9 Å². The van der Waals surface area contributed by atoms with Gasteiger partial charge in [-0.3, -0.25) is 9.59 Å². The Hall–Kier alpha value is -2.12. The molecule has 0 saturated heterocycles. The van der Waals surface area contributed by atoms with Crippen LogP contribution >= 0.6 is 0 Å². The smallest absolute Gasteiger partial charge is 0.303 e. The van der Waals surface area contributed by atoms with Gasteiger partial charge in [0.15, 0.2) is 0 Å². The predicted octanol–water partition coefficient (Wildman–Crippen LogP) is -1.24. The van der Waals surface area contributed by atoms with Gasteiger partial charge in [0, 0.05) is 24.8 Å². The SMILES string of the molecule is O=C(O)CCCCC(=O)O.O=C([O-])CCCCC(=O)[O-]. The Bertz CT molecular complexity index is 259. The lowest BCUT2D eigenvalue weighted by Crippen LogP contribution is -2.23. The molecule has 0 rings (SSSR count). The van der Waals surface area contributed by atoms with E-state index in [9.17, 15) is 29.4 Å². The Morgan fingerprint density at radius 2 is 0.850 bits per heavy atom. The number of hydrogen-bond donors (Lipinski definition) is 2. The highest BCUT2D eigenvalue weighted by Crippen LogP contribution is 1.98. The maximum absolute atomic E-state index is 9.90. The Morgan fingerprint density at radius 1 is 0.600 bits per heavy atom. The van der Waals surface area contributed by atoms with Crippen LogP contribution in [0.1, 0.15) is 51.4 Å². The fourth-order valence-electron chi connectivity index (χ4n) is 1.09. The normalized spacial score (nSPS) is 9.20. The molecule has 20 heavy (non-hydrogen) atoms. The van der Waals surface area contributed by atoms with E-state index in [2.05, 4.69) is 0 Å². The van der Waals surface area contributed by atoms with E-state index in [0.29, 0.717) is 25.7 Å².